The Labute approximate surface area is 157 Å². The van der Waals surface area contributed by atoms with Gasteiger partial charge in [0.15, 0.2) is 0 Å². The van der Waals surface area contributed by atoms with Gasteiger partial charge in [0.25, 0.3) is 5.24 Å². The number of hydrogen-bond donors (Lipinski definition) is 2. The van der Waals surface area contributed by atoms with Gasteiger partial charge >= 0.3 is 0 Å². The Bertz CT molecular complexity index is 691. The maximum Gasteiger partial charge on any atom is 0.289 e. The summed E-state index contributed by atoms with van der Waals surface area (Å²) in [6.07, 6.45) is 5.85. The van der Waals surface area contributed by atoms with Crippen LogP contribution in [0.15, 0.2) is 24.3 Å². The van der Waals surface area contributed by atoms with Crippen LogP contribution in [0.25, 0.3) is 0 Å². The third-order valence-electron chi connectivity index (χ3n) is 5.58. The molecule has 3 aliphatic rings. The number of hydrogen-bond acceptors (Lipinski definition) is 5. The Balaban J connectivity index is 1.33. The summed E-state index contributed by atoms with van der Waals surface area (Å²) in [5.74, 6) is 0.735. The zero-order chi connectivity index (χ0) is 18.1. The van der Waals surface area contributed by atoms with Gasteiger partial charge in [0, 0.05) is 11.7 Å². The molecule has 1 aliphatic carbocycles. The number of benzene rings is 1. The third-order valence-corrected chi connectivity index (χ3v) is 6.44. The fourth-order valence-corrected chi connectivity index (χ4v) is 4.89. The molecule has 6 nitrogen and oxygen atoms in total. The van der Waals surface area contributed by atoms with Crippen molar-refractivity contribution < 1.29 is 14.4 Å². The number of fused-ring (bicyclic) bond motifs is 1. The molecule has 0 radical (unpaired) electrons. The monoisotopic (exact) mass is 373 g/mol. The number of nitrogens with one attached hydrogen (secondary N) is 2. The highest BCUT2D eigenvalue weighted by atomic mass is 32.2. The molecule has 0 bridgehead atoms. The molecule has 3 amide bonds. The first kappa shape index (κ1) is 17.5. The first-order valence-corrected chi connectivity index (χ1v) is 10.2. The molecule has 7 heteroatoms. The van der Waals surface area contributed by atoms with E-state index in [-0.39, 0.29) is 35.4 Å². The Kier molecular flexibility index (Phi) is 5.00. The second kappa shape index (κ2) is 7.40. The fourth-order valence-electron chi connectivity index (χ4n) is 4.16. The third kappa shape index (κ3) is 3.64. The smallest absolute Gasteiger partial charge is 0.289 e. The largest absolute Gasteiger partial charge is 0.325 e. The molecule has 1 aromatic carbocycles. The first-order valence-electron chi connectivity index (χ1n) is 9.23. The Hall–Kier alpha value is -1.86. The average Bonchev–Trinajstić information content (AvgIpc) is 3.22. The maximum absolute atomic E-state index is 12.5. The van der Waals surface area contributed by atoms with Gasteiger partial charge in [0.05, 0.1) is 18.3 Å². The van der Waals surface area contributed by atoms with Crippen LogP contribution in [0.1, 0.15) is 37.7 Å². The van der Waals surface area contributed by atoms with Crippen molar-refractivity contribution in [1.82, 2.24) is 10.2 Å². The summed E-state index contributed by atoms with van der Waals surface area (Å²) in [7, 11) is 0. The van der Waals surface area contributed by atoms with E-state index in [2.05, 4.69) is 10.6 Å². The minimum absolute atomic E-state index is 0.0217. The van der Waals surface area contributed by atoms with E-state index in [0.29, 0.717) is 12.0 Å². The molecule has 3 atom stereocenters. The van der Waals surface area contributed by atoms with E-state index < -0.39 is 0 Å². The molecule has 3 unspecified atom stereocenters. The Morgan fingerprint density at radius 3 is 2.65 bits per heavy atom. The molecule has 26 heavy (non-hydrogen) atoms. The summed E-state index contributed by atoms with van der Waals surface area (Å²) in [4.78, 5) is 37.1. The van der Waals surface area contributed by atoms with Gasteiger partial charge in [-0.1, -0.05) is 36.7 Å². The summed E-state index contributed by atoms with van der Waals surface area (Å²) >= 11 is 1.04. The highest BCUT2D eigenvalue weighted by Crippen LogP contribution is 2.33. The Morgan fingerprint density at radius 2 is 1.96 bits per heavy atom. The lowest BCUT2D eigenvalue weighted by Gasteiger charge is -2.24. The van der Waals surface area contributed by atoms with Gasteiger partial charge in [0.1, 0.15) is 0 Å². The van der Waals surface area contributed by atoms with Crippen LogP contribution in [0.5, 0.6) is 0 Å². The molecule has 2 N–H and O–H groups in total. The molecule has 2 heterocycles. The number of carbonyl (C=O) groups is 3. The predicted molar refractivity (Wildman–Crippen MR) is 101 cm³/mol. The number of thioether (sulfide) groups is 1. The SMILES string of the molecule is O=C(Nc1ccc(CN2C(=O)CSC2=O)cc1)C1CC2CCCCC2N1. The molecule has 1 saturated carbocycles. The lowest BCUT2D eigenvalue weighted by molar-refractivity contribution is -0.125. The van der Waals surface area contributed by atoms with Crippen molar-refractivity contribution in [3.63, 3.8) is 0 Å². The summed E-state index contributed by atoms with van der Waals surface area (Å²) in [6.45, 7) is 0.284. The highest BCUT2D eigenvalue weighted by Gasteiger charge is 2.38. The van der Waals surface area contributed by atoms with Gasteiger partial charge < -0.3 is 10.6 Å². The van der Waals surface area contributed by atoms with E-state index in [0.717, 1.165) is 29.4 Å². The zero-order valence-electron chi connectivity index (χ0n) is 14.6. The van der Waals surface area contributed by atoms with Gasteiger partial charge in [-0.3, -0.25) is 19.3 Å². The highest BCUT2D eigenvalue weighted by molar-refractivity contribution is 8.14. The van der Waals surface area contributed by atoms with Crippen LogP contribution >= 0.6 is 11.8 Å². The van der Waals surface area contributed by atoms with Crippen molar-refractivity contribution in [3.05, 3.63) is 29.8 Å². The topological polar surface area (TPSA) is 78.5 Å². The van der Waals surface area contributed by atoms with E-state index >= 15 is 0 Å². The second-order valence-electron chi connectivity index (χ2n) is 7.33. The van der Waals surface area contributed by atoms with Crippen LogP contribution in [0.3, 0.4) is 0 Å². The van der Waals surface area contributed by atoms with Gasteiger partial charge in [-0.2, -0.15) is 0 Å². The van der Waals surface area contributed by atoms with E-state index in [1.54, 1.807) is 0 Å². The van der Waals surface area contributed by atoms with E-state index in [1.165, 1.54) is 30.6 Å². The zero-order valence-corrected chi connectivity index (χ0v) is 15.4. The molecule has 0 aromatic heterocycles. The molecule has 1 aromatic rings. The first-order chi connectivity index (χ1) is 12.6. The number of imide groups is 1. The minimum atomic E-state index is -0.193. The van der Waals surface area contributed by atoms with Crippen molar-refractivity contribution in [2.45, 2.75) is 50.7 Å². The van der Waals surface area contributed by atoms with Gasteiger partial charge in [-0.25, -0.2) is 0 Å². The molecule has 3 fully saturated rings. The molecule has 2 aliphatic heterocycles. The van der Waals surface area contributed by atoms with Gasteiger partial charge in [0.2, 0.25) is 11.8 Å². The van der Waals surface area contributed by atoms with Crippen LogP contribution in [0, 0.1) is 5.92 Å². The van der Waals surface area contributed by atoms with Crippen molar-refractivity contribution in [3.8, 4) is 0 Å². The summed E-state index contributed by atoms with van der Waals surface area (Å²) in [6, 6.07) is 7.73. The van der Waals surface area contributed by atoms with Gasteiger partial charge in [-0.15, -0.1) is 0 Å². The Morgan fingerprint density at radius 1 is 1.19 bits per heavy atom. The lowest BCUT2D eigenvalue weighted by Crippen LogP contribution is -2.39. The molecule has 4 rings (SSSR count). The van der Waals surface area contributed by atoms with Crippen molar-refractivity contribution >= 4 is 34.5 Å². The standard InChI is InChI=1S/C19H23N3O3S/c23-17-11-26-19(25)22(17)10-12-5-7-14(8-6-12)20-18(24)16-9-13-3-1-2-4-15(13)21-16/h5-8,13,15-16,21H,1-4,9-11H2,(H,20,24). The van der Waals surface area contributed by atoms with Crippen molar-refractivity contribution in [1.29, 1.82) is 0 Å². The predicted octanol–water partition coefficient (Wildman–Crippen LogP) is 2.74. The normalized spacial score (nSPS) is 28.3. The average molecular weight is 373 g/mol. The number of amides is 3. The van der Waals surface area contributed by atoms with Crippen LogP contribution < -0.4 is 10.6 Å². The van der Waals surface area contributed by atoms with E-state index in [1.807, 2.05) is 24.3 Å². The number of rotatable bonds is 4. The second-order valence-corrected chi connectivity index (χ2v) is 8.25. The summed E-state index contributed by atoms with van der Waals surface area (Å²) in [5.41, 5.74) is 1.61. The molecular formula is C19H23N3O3S. The van der Waals surface area contributed by atoms with Crippen LogP contribution in [-0.4, -0.2) is 39.8 Å². The number of anilines is 1. The molecule has 0 spiro atoms. The fraction of sp³-hybridized carbons (Fsp3) is 0.526. The van der Waals surface area contributed by atoms with Crippen LogP contribution in [0.4, 0.5) is 10.5 Å². The summed E-state index contributed by atoms with van der Waals surface area (Å²) < 4.78 is 0. The van der Waals surface area contributed by atoms with Crippen LogP contribution in [0.2, 0.25) is 0 Å². The van der Waals surface area contributed by atoms with Crippen LogP contribution in [-0.2, 0) is 16.1 Å². The molecule has 138 valence electrons. The van der Waals surface area contributed by atoms with Gasteiger partial charge in [-0.05, 0) is 42.9 Å². The van der Waals surface area contributed by atoms with Crippen molar-refractivity contribution in [2.24, 2.45) is 5.92 Å². The van der Waals surface area contributed by atoms with E-state index in [4.69, 9.17) is 0 Å². The van der Waals surface area contributed by atoms with E-state index in [9.17, 15) is 14.4 Å². The maximum atomic E-state index is 12.5. The molecular weight excluding hydrogens is 350 g/mol. The molecule has 2 saturated heterocycles. The summed E-state index contributed by atoms with van der Waals surface area (Å²) in [5, 5.41) is 6.27. The van der Waals surface area contributed by atoms with Crippen molar-refractivity contribution in [2.75, 3.05) is 11.1 Å². The minimum Gasteiger partial charge on any atom is -0.325 e. The quantitative estimate of drug-likeness (QED) is 0.848. The number of carbonyl (C=O) groups excluding carboxylic acids is 3. The number of nitrogens with zero attached hydrogens (tertiary/aromatic N) is 1. The lowest BCUT2D eigenvalue weighted by atomic mass is 9.85.